The Hall–Kier alpha value is -1.12. The minimum atomic E-state index is 0.174. The van der Waals surface area contributed by atoms with Crippen molar-refractivity contribution in [3.63, 3.8) is 0 Å². The monoisotopic (exact) mass is 406 g/mol. The average molecular weight is 407 g/mol. The molecule has 1 saturated carbocycles. The van der Waals surface area contributed by atoms with Gasteiger partial charge in [-0.3, -0.25) is 0 Å². The van der Waals surface area contributed by atoms with Crippen LogP contribution in [0.3, 0.4) is 0 Å². The first-order valence-electron chi connectivity index (χ1n) is 12.1. The smallest absolute Gasteiger partial charge is 0.0167 e. The van der Waals surface area contributed by atoms with Gasteiger partial charge in [0.05, 0.1) is 0 Å². The van der Waals surface area contributed by atoms with E-state index in [9.17, 15) is 0 Å². The molecule has 2 heterocycles. The first kappa shape index (κ1) is 20.8. The van der Waals surface area contributed by atoms with Gasteiger partial charge in [-0.2, -0.15) is 0 Å². The fourth-order valence-electron chi connectivity index (χ4n) is 8.25. The van der Waals surface area contributed by atoms with Gasteiger partial charge in [-0.25, -0.2) is 0 Å². The van der Waals surface area contributed by atoms with Crippen molar-refractivity contribution in [3.8, 4) is 0 Å². The molecule has 164 valence electrons. The van der Waals surface area contributed by atoms with E-state index < -0.39 is 0 Å². The number of rotatable bonds is 0. The van der Waals surface area contributed by atoms with Gasteiger partial charge in [0.25, 0.3) is 0 Å². The Morgan fingerprint density at radius 3 is 1.63 bits per heavy atom. The number of piperidine rings is 2. The van der Waals surface area contributed by atoms with Crippen LogP contribution < -0.4 is 10.6 Å². The molecule has 3 fully saturated rings. The second-order valence-corrected chi connectivity index (χ2v) is 13.5. The van der Waals surface area contributed by atoms with E-state index in [0.29, 0.717) is 23.7 Å². The highest BCUT2D eigenvalue weighted by Crippen LogP contribution is 2.61. The Morgan fingerprint density at radius 2 is 1.10 bits per heavy atom. The van der Waals surface area contributed by atoms with Crippen molar-refractivity contribution in [3.05, 3.63) is 46.6 Å². The summed E-state index contributed by atoms with van der Waals surface area (Å²) in [5, 5.41) is 7.75. The fraction of sp³-hybridized carbons (Fsp3) is 0.714. The van der Waals surface area contributed by atoms with Crippen LogP contribution in [0.15, 0.2) is 46.6 Å². The molecule has 0 radical (unpaired) electrons. The van der Waals surface area contributed by atoms with Gasteiger partial charge in [0.2, 0.25) is 0 Å². The average Bonchev–Trinajstić information content (AvgIpc) is 3.19. The Bertz CT molecular complexity index is 854. The molecule has 0 aromatic heterocycles. The molecule has 0 aromatic rings. The van der Waals surface area contributed by atoms with Crippen LogP contribution in [0.1, 0.15) is 81.1 Å². The van der Waals surface area contributed by atoms with Crippen molar-refractivity contribution in [1.82, 2.24) is 10.6 Å². The van der Waals surface area contributed by atoms with E-state index in [4.69, 9.17) is 0 Å². The second kappa shape index (κ2) is 6.23. The van der Waals surface area contributed by atoms with Crippen LogP contribution in [-0.4, -0.2) is 22.2 Å². The first-order chi connectivity index (χ1) is 13.8. The molecule has 3 aliphatic carbocycles. The zero-order chi connectivity index (χ0) is 21.7. The van der Waals surface area contributed by atoms with Crippen LogP contribution >= 0.6 is 0 Å². The van der Waals surface area contributed by atoms with Gasteiger partial charge in [0, 0.05) is 39.9 Å². The normalized spacial score (nSPS) is 39.7. The third-order valence-corrected chi connectivity index (χ3v) is 8.11. The highest BCUT2D eigenvalue weighted by atomic mass is 15.1. The van der Waals surface area contributed by atoms with Gasteiger partial charge in [0.15, 0.2) is 0 Å². The molecule has 2 heteroatoms. The lowest BCUT2D eigenvalue weighted by atomic mass is 9.73. The molecule has 0 spiro atoms. The van der Waals surface area contributed by atoms with Crippen molar-refractivity contribution < 1.29 is 0 Å². The number of hydrogen-bond acceptors (Lipinski definition) is 2. The van der Waals surface area contributed by atoms with Crippen LogP contribution in [0.4, 0.5) is 0 Å². The SMILES string of the molecule is CC1(C)CC(=C2C=C[C@@H]3[C@H]2[C@H]2C=C[C@@H]3C2=C2CC(C)(C)NC(C)(C)C2)CC(C)(C)N1. The molecule has 4 atom stereocenters. The molecule has 2 N–H and O–H groups in total. The van der Waals surface area contributed by atoms with Gasteiger partial charge < -0.3 is 10.6 Å². The predicted octanol–water partition coefficient (Wildman–Crippen LogP) is 6.08. The van der Waals surface area contributed by atoms with E-state index in [0.717, 1.165) is 0 Å². The highest BCUT2D eigenvalue weighted by molar-refractivity contribution is 5.51. The fourth-order valence-corrected chi connectivity index (χ4v) is 8.25. The zero-order valence-electron chi connectivity index (χ0n) is 20.4. The Labute approximate surface area is 184 Å². The van der Waals surface area contributed by atoms with Crippen molar-refractivity contribution >= 4 is 0 Å². The van der Waals surface area contributed by atoms with Gasteiger partial charge >= 0.3 is 0 Å². The standard InChI is InChI=1S/C28H42N2/c1-25(2)13-17(14-26(3,4)29-25)19-9-10-21-20-11-12-22(24(19)21)23(20)18-15-27(5,6)30-28(7,8)16-18/h9-12,20-22,24,29-30H,13-16H2,1-8H3/t20-,21-,22-,24-/m0/s1. The van der Waals surface area contributed by atoms with E-state index >= 15 is 0 Å². The molecule has 5 aliphatic rings. The summed E-state index contributed by atoms with van der Waals surface area (Å²) in [5.41, 5.74) is 7.66. The number of allylic oxidation sites excluding steroid dienone is 6. The molecule has 2 nitrogen and oxygen atoms in total. The summed E-state index contributed by atoms with van der Waals surface area (Å²) in [7, 11) is 0. The molecular weight excluding hydrogens is 364 g/mol. The summed E-state index contributed by atoms with van der Waals surface area (Å²) in [4.78, 5) is 0. The maximum absolute atomic E-state index is 3.88. The molecular formula is C28H42N2. The summed E-state index contributed by atoms with van der Waals surface area (Å²) in [6.45, 7) is 19.0. The Morgan fingerprint density at radius 1 is 0.633 bits per heavy atom. The van der Waals surface area contributed by atoms with E-state index in [2.05, 4.69) is 90.3 Å². The first-order valence-corrected chi connectivity index (χ1v) is 12.1. The third-order valence-electron chi connectivity index (χ3n) is 8.11. The van der Waals surface area contributed by atoms with Gasteiger partial charge in [0.1, 0.15) is 0 Å². The van der Waals surface area contributed by atoms with E-state index in [1.165, 1.54) is 25.7 Å². The van der Waals surface area contributed by atoms with Crippen molar-refractivity contribution in [2.45, 2.75) is 103 Å². The van der Waals surface area contributed by atoms with E-state index in [-0.39, 0.29) is 22.2 Å². The van der Waals surface area contributed by atoms with Crippen LogP contribution in [0.25, 0.3) is 0 Å². The highest BCUT2D eigenvalue weighted by Gasteiger charge is 2.53. The maximum atomic E-state index is 3.88. The summed E-state index contributed by atoms with van der Waals surface area (Å²) >= 11 is 0. The molecule has 0 aromatic carbocycles. The molecule has 2 aliphatic heterocycles. The summed E-state index contributed by atoms with van der Waals surface area (Å²) in [6, 6.07) is 0. The van der Waals surface area contributed by atoms with Crippen LogP contribution in [0, 0.1) is 23.7 Å². The minimum Gasteiger partial charge on any atom is -0.306 e. The third kappa shape index (κ3) is 3.39. The second-order valence-electron chi connectivity index (χ2n) is 13.5. The molecule has 2 saturated heterocycles. The van der Waals surface area contributed by atoms with Gasteiger partial charge in [-0.15, -0.1) is 0 Å². The number of nitrogens with one attached hydrogen (secondary N) is 2. The number of fused-ring (bicyclic) bond motifs is 5. The number of hydrogen-bond donors (Lipinski definition) is 2. The lowest BCUT2D eigenvalue weighted by Gasteiger charge is -2.45. The lowest BCUT2D eigenvalue weighted by Crippen LogP contribution is -2.56. The van der Waals surface area contributed by atoms with Crippen molar-refractivity contribution in [2.24, 2.45) is 23.7 Å². The van der Waals surface area contributed by atoms with E-state index in [1.807, 2.05) is 0 Å². The Kier molecular flexibility index (Phi) is 4.31. The quantitative estimate of drug-likeness (QED) is 0.476. The summed E-state index contributed by atoms with van der Waals surface area (Å²) in [5.74, 6) is 2.63. The van der Waals surface area contributed by atoms with Crippen LogP contribution in [0.2, 0.25) is 0 Å². The topological polar surface area (TPSA) is 24.1 Å². The summed E-state index contributed by atoms with van der Waals surface area (Å²) < 4.78 is 0. The van der Waals surface area contributed by atoms with Crippen molar-refractivity contribution in [2.75, 3.05) is 0 Å². The molecule has 30 heavy (non-hydrogen) atoms. The maximum Gasteiger partial charge on any atom is 0.0167 e. The van der Waals surface area contributed by atoms with Gasteiger partial charge in [-0.1, -0.05) is 41.0 Å². The molecule has 0 unspecified atom stereocenters. The molecule has 0 amide bonds. The Balaban J connectivity index is 1.54. The van der Waals surface area contributed by atoms with Crippen molar-refractivity contribution in [1.29, 1.82) is 0 Å². The minimum absolute atomic E-state index is 0.174. The predicted molar refractivity (Wildman–Crippen MR) is 127 cm³/mol. The van der Waals surface area contributed by atoms with E-state index in [1.54, 1.807) is 22.3 Å². The largest absolute Gasteiger partial charge is 0.306 e. The van der Waals surface area contributed by atoms with Crippen LogP contribution in [-0.2, 0) is 0 Å². The zero-order valence-corrected chi connectivity index (χ0v) is 20.4. The summed E-state index contributed by atoms with van der Waals surface area (Å²) in [6.07, 6.45) is 14.9. The molecule has 2 bridgehead atoms. The lowest BCUT2D eigenvalue weighted by molar-refractivity contribution is 0.219. The van der Waals surface area contributed by atoms with Gasteiger partial charge in [-0.05, 0) is 92.6 Å². The van der Waals surface area contributed by atoms with Crippen LogP contribution in [0.5, 0.6) is 0 Å². The molecule has 5 rings (SSSR count).